The molecule has 0 aliphatic heterocycles. The number of rotatable bonds is 3. The Kier molecular flexibility index (Phi) is 4.34. The lowest BCUT2D eigenvalue weighted by Crippen LogP contribution is -2.23. The third-order valence-corrected chi connectivity index (χ3v) is 0.746. The van der Waals surface area contributed by atoms with Crippen molar-refractivity contribution < 1.29 is 9.18 Å². The van der Waals surface area contributed by atoms with E-state index in [2.05, 4.69) is 15.3 Å². The number of azide groups is 1. The van der Waals surface area contributed by atoms with Crippen LogP contribution in [0.15, 0.2) is 10.4 Å². The summed E-state index contributed by atoms with van der Waals surface area (Å²) < 4.78 is 11.5. The number of halogens is 1. The van der Waals surface area contributed by atoms with Crippen LogP contribution in [0.5, 0.6) is 0 Å². The number of carbonyl (C=O) groups excluding carboxylic acids is 1. The molecule has 0 atom stereocenters. The summed E-state index contributed by atoms with van der Waals surface area (Å²) in [5.74, 6) is 0. The first-order chi connectivity index (χ1) is 5.26. The molecule has 0 aromatic heterocycles. The van der Waals surface area contributed by atoms with Crippen molar-refractivity contribution in [2.24, 2.45) is 10.4 Å². The van der Waals surface area contributed by atoms with E-state index in [9.17, 15) is 14.1 Å². The number of urea groups is 1. The van der Waals surface area contributed by atoms with Crippen molar-refractivity contribution in [3.05, 3.63) is 15.3 Å². The Bertz CT molecular complexity index is 200. The van der Waals surface area contributed by atoms with Gasteiger partial charge < -0.3 is 0 Å². The lowest BCUT2D eigenvalue weighted by atomic mass is 10.7. The van der Waals surface area contributed by atoms with E-state index in [4.69, 9.17) is 5.53 Å². The van der Waals surface area contributed by atoms with E-state index in [1.807, 2.05) is 0 Å². The number of nitroso groups, excluding NO2 is 1. The zero-order chi connectivity index (χ0) is 8.69. The fraction of sp³-hybridized carbons (Fsp3) is 0.667. The van der Waals surface area contributed by atoms with Gasteiger partial charge in [-0.2, -0.15) is 5.01 Å². The molecule has 0 radical (unpaired) electrons. The third-order valence-electron chi connectivity index (χ3n) is 0.746. The SMILES string of the molecule is [N-]=[N+]=NC(=O)N(CCF)N=O. The van der Waals surface area contributed by atoms with Gasteiger partial charge in [0, 0.05) is 10.0 Å². The van der Waals surface area contributed by atoms with Gasteiger partial charge in [0.15, 0.2) is 0 Å². The molecule has 2 amide bonds. The van der Waals surface area contributed by atoms with Crippen molar-refractivity contribution in [1.29, 1.82) is 0 Å². The molecule has 7 nitrogen and oxygen atoms in total. The van der Waals surface area contributed by atoms with Crippen LogP contribution in [0.3, 0.4) is 0 Å². The fourth-order valence-corrected chi connectivity index (χ4v) is 0.341. The van der Waals surface area contributed by atoms with Crippen LogP contribution in [0.2, 0.25) is 0 Å². The van der Waals surface area contributed by atoms with E-state index < -0.39 is 19.3 Å². The Morgan fingerprint density at radius 3 is 2.73 bits per heavy atom. The van der Waals surface area contributed by atoms with Crippen LogP contribution in [-0.4, -0.2) is 24.3 Å². The van der Waals surface area contributed by atoms with Gasteiger partial charge in [-0.05, 0) is 5.53 Å². The Labute approximate surface area is 60.4 Å². The average Bonchev–Trinajstić information content (AvgIpc) is 2.00. The molecule has 60 valence electrons. The second-order valence-corrected chi connectivity index (χ2v) is 1.37. The quantitative estimate of drug-likeness (QED) is 0.205. The minimum absolute atomic E-state index is 0.194. The second-order valence-electron chi connectivity index (χ2n) is 1.37. The molecular weight excluding hydrogens is 157 g/mol. The zero-order valence-corrected chi connectivity index (χ0v) is 5.34. The van der Waals surface area contributed by atoms with E-state index in [0.717, 1.165) is 0 Å². The summed E-state index contributed by atoms with van der Waals surface area (Å²) in [6.45, 7) is -1.42. The van der Waals surface area contributed by atoms with Crippen LogP contribution in [0.25, 0.3) is 10.4 Å². The Balaban J connectivity index is 4.12. The summed E-state index contributed by atoms with van der Waals surface area (Å²) in [4.78, 5) is 22.2. The lowest BCUT2D eigenvalue weighted by Gasteiger charge is -2.05. The van der Waals surface area contributed by atoms with E-state index in [1.165, 1.54) is 0 Å². The highest BCUT2D eigenvalue weighted by Gasteiger charge is 2.10. The monoisotopic (exact) mass is 161 g/mol. The second kappa shape index (κ2) is 5.12. The van der Waals surface area contributed by atoms with Crippen molar-refractivity contribution in [1.82, 2.24) is 5.01 Å². The highest BCUT2D eigenvalue weighted by atomic mass is 19.1. The molecule has 0 fully saturated rings. The summed E-state index contributed by atoms with van der Waals surface area (Å²) in [6.07, 6.45) is 0. The normalized spacial score (nSPS) is 8.09. The van der Waals surface area contributed by atoms with Gasteiger partial charge in [0.25, 0.3) is 0 Å². The van der Waals surface area contributed by atoms with Crippen LogP contribution >= 0.6 is 0 Å². The van der Waals surface area contributed by atoms with Crippen molar-refractivity contribution in [3.63, 3.8) is 0 Å². The van der Waals surface area contributed by atoms with E-state index >= 15 is 0 Å². The van der Waals surface area contributed by atoms with Crippen LogP contribution in [0.1, 0.15) is 0 Å². The number of hydrogen-bond donors (Lipinski definition) is 0. The predicted octanol–water partition coefficient (Wildman–Crippen LogP) is 1.37. The zero-order valence-electron chi connectivity index (χ0n) is 5.34. The summed E-state index contributed by atoms with van der Waals surface area (Å²) >= 11 is 0. The minimum Gasteiger partial charge on any atom is -0.265 e. The van der Waals surface area contributed by atoms with Gasteiger partial charge in [-0.3, -0.25) is 4.79 Å². The molecule has 0 bridgehead atoms. The number of nitrogens with zero attached hydrogens (tertiary/aromatic N) is 5. The van der Waals surface area contributed by atoms with Crippen molar-refractivity contribution in [2.75, 3.05) is 13.2 Å². The largest absolute Gasteiger partial charge is 0.333 e. The van der Waals surface area contributed by atoms with Gasteiger partial charge in [0.05, 0.1) is 11.8 Å². The maximum atomic E-state index is 11.5. The Morgan fingerprint density at radius 2 is 2.36 bits per heavy atom. The topological polar surface area (TPSA) is 98.5 Å². The molecule has 0 spiro atoms. The highest BCUT2D eigenvalue weighted by molar-refractivity contribution is 5.74. The summed E-state index contributed by atoms with van der Waals surface area (Å²) in [6, 6.07) is -1.21. The molecule has 0 N–H and O–H groups in total. The van der Waals surface area contributed by atoms with Gasteiger partial charge in [-0.15, -0.1) is 4.91 Å². The molecular formula is C3H4FN5O2. The number of amides is 2. The molecule has 0 aliphatic carbocycles. The first-order valence-corrected chi connectivity index (χ1v) is 2.52. The first-order valence-electron chi connectivity index (χ1n) is 2.52. The van der Waals surface area contributed by atoms with E-state index in [0.29, 0.717) is 0 Å². The molecule has 0 aromatic carbocycles. The molecule has 0 aromatic rings. The summed E-state index contributed by atoms with van der Waals surface area (Å²) in [7, 11) is 0. The van der Waals surface area contributed by atoms with E-state index in [1.54, 1.807) is 0 Å². The maximum absolute atomic E-state index is 11.5. The molecule has 0 unspecified atom stereocenters. The predicted molar refractivity (Wildman–Crippen MR) is 33.0 cm³/mol. The molecule has 0 heterocycles. The Morgan fingerprint density at radius 1 is 1.73 bits per heavy atom. The maximum Gasteiger partial charge on any atom is 0.333 e. The lowest BCUT2D eigenvalue weighted by molar-refractivity contribution is 0.204. The van der Waals surface area contributed by atoms with Crippen LogP contribution in [0.4, 0.5) is 9.18 Å². The van der Waals surface area contributed by atoms with Gasteiger partial charge in [0.2, 0.25) is 0 Å². The average molecular weight is 161 g/mol. The molecule has 0 saturated heterocycles. The van der Waals surface area contributed by atoms with Gasteiger partial charge >= 0.3 is 6.03 Å². The van der Waals surface area contributed by atoms with Crippen molar-refractivity contribution >= 4 is 6.03 Å². The smallest absolute Gasteiger partial charge is 0.265 e. The fourth-order valence-electron chi connectivity index (χ4n) is 0.341. The molecule has 8 heteroatoms. The van der Waals surface area contributed by atoms with Crippen LogP contribution < -0.4 is 0 Å². The van der Waals surface area contributed by atoms with Gasteiger partial charge in [-0.25, -0.2) is 4.39 Å². The molecule has 0 rings (SSSR count). The number of carbonyl (C=O) groups is 1. The Hall–Kier alpha value is -1.69. The van der Waals surface area contributed by atoms with Crippen molar-refractivity contribution in [3.8, 4) is 0 Å². The van der Waals surface area contributed by atoms with Gasteiger partial charge in [-0.1, -0.05) is 0 Å². The van der Waals surface area contributed by atoms with Gasteiger partial charge in [0.1, 0.15) is 6.67 Å². The van der Waals surface area contributed by atoms with Crippen LogP contribution in [0, 0.1) is 4.91 Å². The first kappa shape index (κ1) is 9.31. The standard InChI is InChI=1S/C3H4FN5O2/c4-1-2-9(8-11)3(10)6-7-5/h1-2H2. The molecule has 0 saturated carbocycles. The highest BCUT2D eigenvalue weighted by Crippen LogP contribution is 1.93. The number of alkyl halides is 1. The number of hydrogen-bond acceptors (Lipinski definition) is 3. The third kappa shape index (κ3) is 3.11. The summed E-state index contributed by atoms with van der Waals surface area (Å²) in [5, 5.41) is 4.84. The minimum atomic E-state index is -1.21. The van der Waals surface area contributed by atoms with Crippen molar-refractivity contribution in [2.45, 2.75) is 0 Å². The molecule has 0 aliphatic rings. The molecule has 11 heavy (non-hydrogen) atoms. The van der Waals surface area contributed by atoms with Crippen LogP contribution in [-0.2, 0) is 0 Å². The van der Waals surface area contributed by atoms with E-state index in [-0.39, 0.29) is 5.01 Å². The summed E-state index contributed by atoms with van der Waals surface area (Å²) in [5.41, 5.74) is 7.72.